The van der Waals surface area contributed by atoms with Crippen molar-refractivity contribution in [2.24, 2.45) is 0 Å². The summed E-state index contributed by atoms with van der Waals surface area (Å²) in [6.45, 7) is 4.59. The molecule has 0 saturated carbocycles. The van der Waals surface area contributed by atoms with Gasteiger partial charge in [-0.2, -0.15) is 0 Å². The van der Waals surface area contributed by atoms with Crippen LogP contribution in [0.4, 0.5) is 14.6 Å². The molecule has 2 N–H and O–H groups in total. The van der Waals surface area contributed by atoms with Crippen LogP contribution >= 0.6 is 11.3 Å². The van der Waals surface area contributed by atoms with Gasteiger partial charge in [0.25, 0.3) is 0 Å². The first kappa shape index (κ1) is 21.3. The average molecular weight is 465 g/mol. The zero-order valence-electron chi connectivity index (χ0n) is 18.4. The SMILES string of the molecule is COc1ccc(-c2cc3ncnc(NCCc4c(C)[nH]c5c(F)ccc(C)c45)c3s2)cc1F. The second kappa shape index (κ2) is 8.44. The van der Waals surface area contributed by atoms with Crippen LogP contribution in [-0.2, 0) is 6.42 Å². The van der Waals surface area contributed by atoms with Crippen LogP contribution < -0.4 is 10.1 Å². The molecule has 0 radical (unpaired) electrons. The van der Waals surface area contributed by atoms with Crippen LogP contribution in [0.15, 0.2) is 42.7 Å². The first-order valence-electron chi connectivity index (χ1n) is 10.5. The van der Waals surface area contributed by atoms with Gasteiger partial charge in [0, 0.05) is 22.5 Å². The number of benzene rings is 2. The minimum atomic E-state index is -0.405. The van der Waals surface area contributed by atoms with Crippen molar-refractivity contribution in [3.05, 3.63) is 71.2 Å². The van der Waals surface area contributed by atoms with Crippen molar-refractivity contribution in [3.8, 4) is 16.2 Å². The number of rotatable bonds is 6. The fourth-order valence-corrected chi connectivity index (χ4v) is 5.28. The summed E-state index contributed by atoms with van der Waals surface area (Å²) in [7, 11) is 1.45. The number of hydrogen-bond acceptors (Lipinski definition) is 5. The van der Waals surface area contributed by atoms with E-state index in [0.717, 1.165) is 48.7 Å². The Morgan fingerprint density at radius 1 is 1.06 bits per heavy atom. The molecule has 0 fully saturated rings. The lowest BCUT2D eigenvalue weighted by molar-refractivity contribution is 0.386. The normalized spacial score (nSPS) is 11.4. The van der Waals surface area contributed by atoms with E-state index in [4.69, 9.17) is 4.74 Å². The number of anilines is 1. The van der Waals surface area contributed by atoms with E-state index in [1.807, 2.05) is 32.0 Å². The first-order valence-corrected chi connectivity index (χ1v) is 11.4. The third-order valence-corrected chi connectivity index (χ3v) is 7.02. The van der Waals surface area contributed by atoms with Crippen LogP contribution in [-0.4, -0.2) is 28.6 Å². The molecule has 5 aromatic rings. The molecule has 0 spiro atoms. The van der Waals surface area contributed by atoms with Crippen LogP contribution in [0, 0.1) is 25.5 Å². The molecule has 0 atom stereocenters. The fourth-order valence-electron chi connectivity index (χ4n) is 4.20. The molecular formula is C25H22F2N4OS. The molecular weight excluding hydrogens is 442 g/mol. The zero-order valence-corrected chi connectivity index (χ0v) is 19.2. The lowest BCUT2D eigenvalue weighted by Crippen LogP contribution is -2.07. The Balaban J connectivity index is 1.41. The maximum Gasteiger partial charge on any atom is 0.165 e. The van der Waals surface area contributed by atoms with E-state index in [9.17, 15) is 8.78 Å². The number of ether oxygens (including phenoxy) is 1. The molecule has 0 saturated heterocycles. The summed E-state index contributed by atoms with van der Waals surface area (Å²) in [5.74, 6) is 0.296. The number of hydrogen-bond donors (Lipinski definition) is 2. The third kappa shape index (κ3) is 3.80. The number of fused-ring (bicyclic) bond motifs is 2. The lowest BCUT2D eigenvalue weighted by Gasteiger charge is -2.08. The van der Waals surface area contributed by atoms with Crippen molar-refractivity contribution in [2.75, 3.05) is 19.0 Å². The summed E-state index contributed by atoms with van der Waals surface area (Å²) in [4.78, 5) is 12.9. The fraction of sp³-hybridized carbons (Fsp3) is 0.200. The smallest absolute Gasteiger partial charge is 0.165 e. The second-order valence-corrected chi connectivity index (χ2v) is 8.97. The molecule has 5 rings (SSSR count). The summed E-state index contributed by atoms with van der Waals surface area (Å²) in [5.41, 5.74) is 5.22. The number of H-pyrrole nitrogens is 1. The van der Waals surface area contributed by atoms with E-state index in [1.54, 1.807) is 6.07 Å². The van der Waals surface area contributed by atoms with Gasteiger partial charge in [-0.15, -0.1) is 11.3 Å². The number of thiophene rings is 1. The predicted octanol–water partition coefficient (Wildman–Crippen LogP) is 6.40. The largest absolute Gasteiger partial charge is 0.494 e. The summed E-state index contributed by atoms with van der Waals surface area (Å²) in [6, 6.07) is 10.2. The van der Waals surface area contributed by atoms with E-state index in [0.29, 0.717) is 18.5 Å². The van der Waals surface area contributed by atoms with Crippen LogP contribution in [0.1, 0.15) is 16.8 Å². The van der Waals surface area contributed by atoms with E-state index in [1.165, 1.54) is 36.9 Å². The van der Waals surface area contributed by atoms with Crippen molar-refractivity contribution in [3.63, 3.8) is 0 Å². The molecule has 0 aliphatic heterocycles. The Kier molecular flexibility index (Phi) is 5.46. The molecule has 0 bridgehead atoms. The Labute approximate surface area is 193 Å². The number of methoxy groups -OCH3 is 1. The van der Waals surface area contributed by atoms with E-state index in [2.05, 4.69) is 20.3 Å². The highest BCUT2D eigenvalue weighted by atomic mass is 32.1. The molecule has 0 unspecified atom stereocenters. The zero-order chi connectivity index (χ0) is 23.1. The van der Waals surface area contributed by atoms with Crippen molar-refractivity contribution >= 4 is 38.3 Å². The Morgan fingerprint density at radius 3 is 2.70 bits per heavy atom. The third-order valence-electron chi connectivity index (χ3n) is 5.84. The van der Waals surface area contributed by atoms with E-state index < -0.39 is 5.82 Å². The van der Waals surface area contributed by atoms with Gasteiger partial charge in [-0.3, -0.25) is 0 Å². The van der Waals surface area contributed by atoms with Gasteiger partial charge < -0.3 is 15.0 Å². The van der Waals surface area contributed by atoms with Crippen molar-refractivity contribution < 1.29 is 13.5 Å². The monoisotopic (exact) mass is 464 g/mol. The topological polar surface area (TPSA) is 62.8 Å². The molecule has 2 aromatic carbocycles. The highest BCUT2D eigenvalue weighted by molar-refractivity contribution is 7.22. The molecule has 0 aliphatic rings. The number of aromatic amines is 1. The van der Waals surface area contributed by atoms with Crippen LogP contribution in [0.5, 0.6) is 5.75 Å². The molecule has 168 valence electrons. The minimum Gasteiger partial charge on any atom is -0.494 e. The molecule has 33 heavy (non-hydrogen) atoms. The van der Waals surface area contributed by atoms with Crippen molar-refractivity contribution in [2.45, 2.75) is 20.3 Å². The van der Waals surface area contributed by atoms with Crippen LogP contribution in [0.3, 0.4) is 0 Å². The average Bonchev–Trinajstić information content (AvgIpc) is 3.39. The van der Waals surface area contributed by atoms with Gasteiger partial charge in [0.05, 0.1) is 22.8 Å². The molecule has 5 nitrogen and oxygen atoms in total. The quantitative estimate of drug-likeness (QED) is 0.305. The number of aromatic nitrogens is 3. The maximum atomic E-state index is 14.2. The summed E-state index contributed by atoms with van der Waals surface area (Å²) < 4.78 is 34.3. The lowest BCUT2D eigenvalue weighted by atomic mass is 10.0. The molecule has 3 heterocycles. The van der Waals surface area contributed by atoms with E-state index >= 15 is 0 Å². The summed E-state index contributed by atoms with van der Waals surface area (Å²) in [5, 5.41) is 4.35. The van der Waals surface area contributed by atoms with Crippen LogP contribution in [0.25, 0.3) is 31.6 Å². The van der Waals surface area contributed by atoms with E-state index in [-0.39, 0.29) is 11.6 Å². The van der Waals surface area contributed by atoms with Gasteiger partial charge in [-0.25, -0.2) is 18.7 Å². The second-order valence-electron chi connectivity index (χ2n) is 7.92. The van der Waals surface area contributed by atoms with Gasteiger partial charge in [0.1, 0.15) is 18.0 Å². The van der Waals surface area contributed by atoms with Gasteiger partial charge in [0.2, 0.25) is 0 Å². The van der Waals surface area contributed by atoms with Gasteiger partial charge in [0.15, 0.2) is 11.6 Å². The summed E-state index contributed by atoms with van der Waals surface area (Å²) in [6.07, 6.45) is 2.23. The Morgan fingerprint density at radius 2 is 1.91 bits per heavy atom. The van der Waals surface area contributed by atoms with Crippen LogP contribution in [0.2, 0.25) is 0 Å². The minimum absolute atomic E-state index is 0.213. The standard InChI is InChI=1S/C25H22F2N4OS/c1-13-4-6-17(26)23-22(13)16(14(2)31-23)8-9-28-25-24-19(29-12-30-25)11-21(33-24)15-5-7-20(32-3)18(27)10-15/h4-7,10-12,31H,8-9H2,1-3H3,(H,28,29,30). The molecule has 8 heteroatoms. The number of nitrogens with zero attached hydrogens (tertiary/aromatic N) is 2. The molecule has 0 amide bonds. The number of aryl methyl sites for hydroxylation is 2. The maximum absolute atomic E-state index is 14.2. The Bertz CT molecular complexity index is 1490. The first-order chi connectivity index (χ1) is 16.0. The highest BCUT2D eigenvalue weighted by Crippen LogP contribution is 2.37. The Hall–Kier alpha value is -3.52. The highest BCUT2D eigenvalue weighted by Gasteiger charge is 2.15. The summed E-state index contributed by atoms with van der Waals surface area (Å²) >= 11 is 1.51. The molecule has 3 aromatic heterocycles. The van der Waals surface area contributed by atoms with Gasteiger partial charge in [-0.1, -0.05) is 6.07 Å². The number of nitrogens with one attached hydrogen (secondary N) is 2. The van der Waals surface area contributed by atoms with Gasteiger partial charge in [-0.05, 0) is 67.3 Å². The number of halogens is 2. The van der Waals surface area contributed by atoms with Crippen molar-refractivity contribution in [1.82, 2.24) is 15.0 Å². The molecule has 0 aliphatic carbocycles. The van der Waals surface area contributed by atoms with Crippen molar-refractivity contribution in [1.29, 1.82) is 0 Å². The predicted molar refractivity (Wildman–Crippen MR) is 129 cm³/mol. The van der Waals surface area contributed by atoms with Gasteiger partial charge >= 0.3 is 0 Å².